The van der Waals surface area contributed by atoms with Gasteiger partial charge in [-0.15, -0.1) is 0 Å². The second-order valence-electron chi connectivity index (χ2n) is 13.3. The molecule has 3 nitrogen and oxygen atoms in total. The number of fused-ring (bicyclic) bond motifs is 1. The van der Waals surface area contributed by atoms with Gasteiger partial charge in [-0.05, 0) is 25.0 Å². The van der Waals surface area contributed by atoms with Crippen LogP contribution in [0, 0.1) is 0 Å². The number of nitrogens with zero attached hydrogens (tertiary/aromatic N) is 3. The van der Waals surface area contributed by atoms with Crippen molar-refractivity contribution in [2.24, 2.45) is 0 Å². The summed E-state index contributed by atoms with van der Waals surface area (Å²) in [6.07, 6.45) is 44.0. The summed E-state index contributed by atoms with van der Waals surface area (Å²) in [5.41, 5.74) is 2.18. The summed E-state index contributed by atoms with van der Waals surface area (Å²) in [6, 6.07) is 4.29. The molecule has 0 aliphatic heterocycles. The molecule has 0 aliphatic carbocycles. The third-order valence-electron chi connectivity index (χ3n) is 9.34. The maximum Gasteiger partial charge on any atom is 0.177 e. The van der Waals surface area contributed by atoms with Gasteiger partial charge in [0.1, 0.15) is 5.82 Å². The number of imidazole rings is 1. The quantitative estimate of drug-likeness (QED) is 0.0829. The predicted octanol–water partition coefficient (Wildman–Crippen LogP) is 13.3. The molecule has 0 spiro atoms. The molecule has 0 aliphatic rings. The standard InChI is InChI=1S/C39H71N3/c1-3-5-7-9-11-13-15-17-18-19-21-23-25-27-29-31-36-42-37-33-32-35-40-39(37)41-38(42)34-30-28-26-24-22-20-16-14-12-10-8-6-4-2/h32-33,35H,3-31,34,36H2,1-2H3. The highest BCUT2D eigenvalue weighted by atomic mass is 15.1. The van der Waals surface area contributed by atoms with E-state index in [0.717, 1.165) is 18.6 Å². The Bertz CT molecular complexity index is 841. The van der Waals surface area contributed by atoms with Crippen LogP contribution in [0.15, 0.2) is 18.3 Å². The first kappa shape index (κ1) is 36.8. The number of pyridine rings is 1. The van der Waals surface area contributed by atoms with Crippen molar-refractivity contribution in [3.05, 3.63) is 24.2 Å². The molecule has 0 atom stereocenters. The first-order valence-corrected chi connectivity index (χ1v) is 19.2. The van der Waals surface area contributed by atoms with Crippen LogP contribution in [-0.4, -0.2) is 14.5 Å². The van der Waals surface area contributed by atoms with E-state index in [1.165, 1.54) is 198 Å². The molecule has 0 aromatic carbocycles. The van der Waals surface area contributed by atoms with Gasteiger partial charge in [0.15, 0.2) is 5.65 Å². The first-order valence-electron chi connectivity index (χ1n) is 19.2. The van der Waals surface area contributed by atoms with E-state index in [4.69, 9.17) is 4.98 Å². The van der Waals surface area contributed by atoms with E-state index >= 15 is 0 Å². The molecule has 2 aromatic rings. The molecule has 0 bridgehead atoms. The largest absolute Gasteiger partial charge is 0.327 e. The minimum absolute atomic E-state index is 0.943. The Hall–Kier alpha value is -1.38. The fourth-order valence-electron chi connectivity index (χ4n) is 6.57. The molecule has 0 N–H and O–H groups in total. The zero-order chi connectivity index (χ0) is 29.8. The first-order chi connectivity index (χ1) is 20.9. The Labute approximate surface area is 262 Å². The molecular formula is C39H71N3. The topological polar surface area (TPSA) is 30.7 Å². The van der Waals surface area contributed by atoms with Gasteiger partial charge in [0.05, 0.1) is 5.52 Å². The average Bonchev–Trinajstić information content (AvgIpc) is 3.36. The summed E-state index contributed by atoms with van der Waals surface area (Å²) in [5, 5.41) is 0. The average molecular weight is 582 g/mol. The van der Waals surface area contributed by atoms with Gasteiger partial charge in [0, 0.05) is 19.2 Å². The molecule has 0 fully saturated rings. The second-order valence-corrected chi connectivity index (χ2v) is 13.3. The summed E-state index contributed by atoms with van der Waals surface area (Å²) < 4.78 is 2.49. The highest BCUT2D eigenvalue weighted by Gasteiger charge is 2.11. The van der Waals surface area contributed by atoms with E-state index in [-0.39, 0.29) is 0 Å². The number of hydrogen-bond donors (Lipinski definition) is 0. The van der Waals surface area contributed by atoms with Crippen molar-refractivity contribution in [2.75, 3.05) is 0 Å². The molecule has 2 rings (SSSR count). The van der Waals surface area contributed by atoms with E-state index in [0.29, 0.717) is 0 Å². The monoisotopic (exact) mass is 582 g/mol. The Morgan fingerprint density at radius 3 is 1.29 bits per heavy atom. The molecule has 2 heterocycles. The molecule has 2 aromatic heterocycles. The number of hydrogen-bond acceptors (Lipinski definition) is 2. The van der Waals surface area contributed by atoms with Gasteiger partial charge < -0.3 is 4.57 Å². The summed E-state index contributed by atoms with van der Waals surface area (Å²) in [6.45, 7) is 5.71. The van der Waals surface area contributed by atoms with Crippen LogP contribution in [0.2, 0.25) is 0 Å². The Morgan fingerprint density at radius 2 is 0.857 bits per heavy atom. The lowest BCUT2D eigenvalue weighted by Crippen LogP contribution is -2.04. The lowest BCUT2D eigenvalue weighted by Gasteiger charge is -2.09. The van der Waals surface area contributed by atoms with Gasteiger partial charge in [0.25, 0.3) is 0 Å². The van der Waals surface area contributed by atoms with Crippen LogP contribution in [0.5, 0.6) is 0 Å². The predicted molar refractivity (Wildman–Crippen MR) is 186 cm³/mol. The van der Waals surface area contributed by atoms with E-state index < -0.39 is 0 Å². The maximum atomic E-state index is 4.95. The van der Waals surface area contributed by atoms with Crippen LogP contribution in [0.4, 0.5) is 0 Å². The van der Waals surface area contributed by atoms with Crippen molar-refractivity contribution >= 4 is 11.2 Å². The van der Waals surface area contributed by atoms with E-state index in [2.05, 4.69) is 35.5 Å². The zero-order valence-electron chi connectivity index (χ0n) is 28.5. The third kappa shape index (κ3) is 18.3. The van der Waals surface area contributed by atoms with Crippen LogP contribution in [-0.2, 0) is 13.0 Å². The van der Waals surface area contributed by atoms with Gasteiger partial charge in [-0.2, -0.15) is 0 Å². The van der Waals surface area contributed by atoms with Gasteiger partial charge in [-0.1, -0.05) is 187 Å². The summed E-state index contributed by atoms with van der Waals surface area (Å²) >= 11 is 0. The van der Waals surface area contributed by atoms with Crippen molar-refractivity contribution in [1.29, 1.82) is 0 Å². The third-order valence-corrected chi connectivity index (χ3v) is 9.34. The van der Waals surface area contributed by atoms with Gasteiger partial charge >= 0.3 is 0 Å². The van der Waals surface area contributed by atoms with Crippen molar-refractivity contribution < 1.29 is 0 Å². The van der Waals surface area contributed by atoms with E-state index in [1.54, 1.807) is 0 Å². The molecule has 0 radical (unpaired) electrons. The van der Waals surface area contributed by atoms with Gasteiger partial charge in [0.2, 0.25) is 0 Å². The SMILES string of the molecule is CCCCCCCCCCCCCCCCCCn1c(CCCCCCCCCCCCCCC)nc2ncccc21. The molecule has 242 valence electrons. The highest BCUT2D eigenvalue weighted by Crippen LogP contribution is 2.19. The minimum atomic E-state index is 0.943. The van der Waals surface area contributed by atoms with Gasteiger partial charge in [-0.25, -0.2) is 9.97 Å². The van der Waals surface area contributed by atoms with Crippen LogP contribution in [0.1, 0.15) is 206 Å². The van der Waals surface area contributed by atoms with Crippen LogP contribution in [0.25, 0.3) is 11.2 Å². The fraction of sp³-hybridized carbons (Fsp3) is 0.846. The van der Waals surface area contributed by atoms with Crippen molar-refractivity contribution in [2.45, 2.75) is 213 Å². The zero-order valence-corrected chi connectivity index (χ0v) is 28.5. The molecule has 0 saturated carbocycles. The summed E-state index contributed by atoms with van der Waals surface area (Å²) in [7, 11) is 0. The second kappa shape index (κ2) is 27.2. The molecule has 0 unspecified atom stereocenters. The van der Waals surface area contributed by atoms with Crippen molar-refractivity contribution in [1.82, 2.24) is 14.5 Å². The molecular weight excluding hydrogens is 510 g/mol. The summed E-state index contributed by atoms with van der Waals surface area (Å²) in [4.78, 5) is 9.52. The normalized spacial score (nSPS) is 11.7. The van der Waals surface area contributed by atoms with Crippen LogP contribution < -0.4 is 0 Å². The van der Waals surface area contributed by atoms with Crippen molar-refractivity contribution in [3.63, 3.8) is 0 Å². The highest BCUT2D eigenvalue weighted by molar-refractivity contribution is 5.71. The molecule has 0 saturated heterocycles. The Balaban J connectivity index is 1.48. The van der Waals surface area contributed by atoms with Crippen LogP contribution >= 0.6 is 0 Å². The minimum Gasteiger partial charge on any atom is -0.327 e. The molecule has 3 heteroatoms. The van der Waals surface area contributed by atoms with Crippen LogP contribution in [0.3, 0.4) is 0 Å². The fourth-order valence-corrected chi connectivity index (χ4v) is 6.57. The Kier molecular flexibility index (Phi) is 23.8. The lowest BCUT2D eigenvalue weighted by molar-refractivity contribution is 0.516. The number of aromatic nitrogens is 3. The Morgan fingerprint density at radius 1 is 0.476 bits per heavy atom. The number of aryl methyl sites for hydroxylation is 2. The van der Waals surface area contributed by atoms with E-state index in [9.17, 15) is 0 Å². The van der Waals surface area contributed by atoms with Crippen molar-refractivity contribution in [3.8, 4) is 0 Å². The van der Waals surface area contributed by atoms with Gasteiger partial charge in [-0.3, -0.25) is 0 Å². The number of unbranched alkanes of at least 4 members (excludes halogenated alkanes) is 27. The number of rotatable bonds is 31. The van der Waals surface area contributed by atoms with E-state index in [1.807, 2.05) is 6.20 Å². The molecule has 0 amide bonds. The lowest BCUT2D eigenvalue weighted by atomic mass is 10.0. The summed E-state index contributed by atoms with van der Waals surface area (Å²) in [5.74, 6) is 1.27. The maximum absolute atomic E-state index is 4.95. The smallest absolute Gasteiger partial charge is 0.177 e. The molecule has 42 heavy (non-hydrogen) atoms.